The van der Waals surface area contributed by atoms with Crippen molar-refractivity contribution >= 4 is 0 Å². The van der Waals surface area contributed by atoms with Gasteiger partial charge in [-0.15, -0.1) is 0 Å². The Balaban J connectivity index is 1.99. The zero-order chi connectivity index (χ0) is 10.7. The first kappa shape index (κ1) is 9.64. The predicted molar refractivity (Wildman–Crippen MR) is 51.7 cm³/mol. The molecule has 0 aromatic carbocycles. The molecule has 0 unspecified atom stereocenters. The Bertz CT molecular complexity index is 438. The van der Waals surface area contributed by atoms with E-state index in [1.807, 2.05) is 13.1 Å². The highest BCUT2D eigenvalue weighted by Crippen LogP contribution is 2.08. The van der Waals surface area contributed by atoms with E-state index in [1.54, 1.807) is 10.9 Å². The van der Waals surface area contributed by atoms with Gasteiger partial charge >= 0.3 is 0 Å². The highest BCUT2D eigenvalue weighted by molar-refractivity contribution is 5.11. The van der Waals surface area contributed by atoms with Crippen molar-refractivity contribution in [3.8, 4) is 5.88 Å². The summed E-state index contributed by atoms with van der Waals surface area (Å²) in [6.07, 6.45) is 2.81. The van der Waals surface area contributed by atoms with E-state index >= 15 is 0 Å². The largest absolute Gasteiger partial charge is 0.471 e. The van der Waals surface area contributed by atoms with Crippen LogP contribution in [0.3, 0.4) is 0 Å². The predicted octanol–water partition coefficient (Wildman–Crippen LogP) is 1.53. The van der Waals surface area contributed by atoms with Crippen molar-refractivity contribution in [2.24, 2.45) is 7.05 Å². The number of nitrogens with zero attached hydrogens (tertiary/aromatic N) is 3. The first-order valence-electron chi connectivity index (χ1n) is 4.47. The number of halogens is 1. The Morgan fingerprint density at radius 3 is 2.87 bits per heavy atom. The summed E-state index contributed by atoms with van der Waals surface area (Å²) in [4.78, 5) is 3.78. The highest BCUT2D eigenvalue weighted by atomic mass is 19.1. The molecule has 0 atom stereocenters. The number of hydrogen-bond donors (Lipinski definition) is 0. The lowest BCUT2D eigenvalue weighted by Crippen LogP contribution is -2.03. The van der Waals surface area contributed by atoms with Crippen molar-refractivity contribution in [2.75, 3.05) is 0 Å². The summed E-state index contributed by atoms with van der Waals surface area (Å²) in [5.41, 5.74) is 0.932. The third-order valence-corrected chi connectivity index (χ3v) is 1.99. The van der Waals surface area contributed by atoms with E-state index in [1.165, 1.54) is 12.1 Å². The van der Waals surface area contributed by atoms with Gasteiger partial charge in [0.05, 0.1) is 11.9 Å². The molecule has 0 bridgehead atoms. The summed E-state index contributed by atoms with van der Waals surface area (Å²) in [5.74, 6) is 0.0282. The molecule has 4 nitrogen and oxygen atoms in total. The van der Waals surface area contributed by atoms with Crippen molar-refractivity contribution < 1.29 is 9.13 Å². The summed E-state index contributed by atoms with van der Waals surface area (Å²) in [5, 5.41) is 4.00. The van der Waals surface area contributed by atoms with Gasteiger partial charge in [0, 0.05) is 19.3 Å². The SMILES string of the molecule is Cn1nccc1COc1ccc(F)cn1. The Labute approximate surface area is 86.3 Å². The minimum absolute atomic E-state index is 0.370. The molecule has 0 amide bonds. The van der Waals surface area contributed by atoms with Crippen molar-refractivity contribution in [3.05, 3.63) is 42.1 Å². The molecule has 0 aliphatic heterocycles. The first-order valence-corrected chi connectivity index (χ1v) is 4.47. The monoisotopic (exact) mass is 207 g/mol. The topological polar surface area (TPSA) is 39.9 Å². The molecule has 0 N–H and O–H groups in total. The van der Waals surface area contributed by atoms with Crippen LogP contribution in [0.2, 0.25) is 0 Å². The fourth-order valence-corrected chi connectivity index (χ4v) is 1.14. The van der Waals surface area contributed by atoms with Gasteiger partial charge < -0.3 is 4.74 Å². The Morgan fingerprint density at radius 2 is 2.27 bits per heavy atom. The fourth-order valence-electron chi connectivity index (χ4n) is 1.14. The molecule has 2 rings (SSSR count). The van der Waals surface area contributed by atoms with E-state index in [4.69, 9.17) is 4.74 Å². The fraction of sp³-hybridized carbons (Fsp3) is 0.200. The van der Waals surface area contributed by atoms with Crippen LogP contribution in [0.5, 0.6) is 5.88 Å². The highest BCUT2D eigenvalue weighted by Gasteiger charge is 2.00. The maximum Gasteiger partial charge on any atom is 0.213 e. The molecule has 0 aliphatic carbocycles. The minimum atomic E-state index is -0.372. The van der Waals surface area contributed by atoms with E-state index in [-0.39, 0.29) is 5.82 Å². The van der Waals surface area contributed by atoms with Gasteiger partial charge in [-0.1, -0.05) is 0 Å². The number of pyridine rings is 1. The molecular formula is C10H10FN3O. The van der Waals surface area contributed by atoms with Crippen LogP contribution < -0.4 is 4.74 Å². The Kier molecular flexibility index (Phi) is 2.62. The lowest BCUT2D eigenvalue weighted by molar-refractivity contribution is 0.282. The summed E-state index contributed by atoms with van der Waals surface area (Å²) in [7, 11) is 1.83. The third kappa shape index (κ3) is 2.31. The van der Waals surface area contributed by atoms with Crippen LogP contribution in [-0.2, 0) is 13.7 Å². The van der Waals surface area contributed by atoms with Crippen LogP contribution in [-0.4, -0.2) is 14.8 Å². The van der Waals surface area contributed by atoms with E-state index in [2.05, 4.69) is 10.1 Å². The van der Waals surface area contributed by atoms with Gasteiger partial charge in [-0.05, 0) is 12.1 Å². The molecule has 2 aromatic heterocycles. The molecule has 0 aliphatic rings. The molecule has 15 heavy (non-hydrogen) atoms. The van der Waals surface area contributed by atoms with Gasteiger partial charge in [0.2, 0.25) is 5.88 Å². The normalized spacial score (nSPS) is 10.3. The van der Waals surface area contributed by atoms with Gasteiger partial charge in [0.15, 0.2) is 0 Å². The Hall–Kier alpha value is -1.91. The standard InChI is InChI=1S/C10H10FN3O/c1-14-9(4-5-13-14)7-15-10-3-2-8(11)6-12-10/h2-6H,7H2,1H3. The molecule has 0 radical (unpaired) electrons. The molecule has 5 heteroatoms. The van der Waals surface area contributed by atoms with Gasteiger partial charge in [-0.25, -0.2) is 9.37 Å². The van der Waals surface area contributed by atoms with Gasteiger partial charge in [-0.3, -0.25) is 4.68 Å². The average Bonchev–Trinajstić information content (AvgIpc) is 2.63. The second-order valence-corrected chi connectivity index (χ2v) is 3.05. The second kappa shape index (κ2) is 4.08. The van der Waals surface area contributed by atoms with E-state index in [0.29, 0.717) is 12.5 Å². The average molecular weight is 207 g/mol. The second-order valence-electron chi connectivity index (χ2n) is 3.05. The summed E-state index contributed by atoms with van der Waals surface area (Å²) < 4.78 is 19.6. The van der Waals surface area contributed by atoms with Crippen molar-refractivity contribution in [2.45, 2.75) is 6.61 Å². The molecule has 0 saturated heterocycles. The van der Waals surface area contributed by atoms with Crippen LogP contribution in [0.4, 0.5) is 4.39 Å². The van der Waals surface area contributed by atoms with Crippen molar-refractivity contribution in [1.82, 2.24) is 14.8 Å². The lowest BCUT2D eigenvalue weighted by atomic mass is 10.4. The Morgan fingerprint density at radius 1 is 1.40 bits per heavy atom. The molecule has 0 saturated carbocycles. The number of aryl methyl sites for hydroxylation is 1. The van der Waals surface area contributed by atoms with E-state index in [0.717, 1.165) is 11.9 Å². The van der Waals surface area contributed by atoms with Gasteiger partial charge in [-0.2, -0.15) is 5.10 Å². The number of ether oxygens (including phenoxy) is 1. The van der Waals surface area contributed by atoms with Crippen molar-refractivity contribution in [3.63, 3.8) is 0 Å². The molecule has 78 valence electrons. The molecule has 2 heterocycles. The zero-order valence-corrected chi connectivity index (χ0v) is 8.22. The lowest BCUT2D eigenvalue weighted by Gasteiger charge is -2.04. The van der Waals surface area contributed by atoms with Gasteiger partial charge in [0.25, 0.3) is 0 Å². The number of rotatable bonds is 3. The maximum atomic E-state index is 12.5. The van der Waals surface area contributed by atoms with Crippen LogP contribution in [0, 0.1) is 5.82 Å². The molecule has 0 spiro atoms. The van der Waals surface area contributed by atoms with Crippen LogP contribution in [0.1, 0.15) is 5.69 Å². The summed E-state index contributed by atoms with van der Waals surface area (Å²) >= 11 is 0. The quantitative estimate of drug-likeness (QED) is 0.766. The number of aromatic nitrogens is 3. The number of hydrogen-bond acceptors (Lipinski definition) is 3. The van der Waals surface area contributed by atoms with E-state index in [9.17, 15) is 4.39 Å². The smallest absolute Gasteiger partial charge is 0.213 e. The zero-order valence-electron chi connectivity index (χ0n) is 8.22. The van der Waals surface area contributed by atoms with Crippen LogP contribution in [0.15, 0.2) is 30.6 Å². The minimum Gasteiger partial charge on any atom is -0.471 e. The first-order chi connectivity index (χ1) is 7.25. The van der Waals surface area contributed by atoms with Crippen molar-refractivity contribution in [1.29, 1.82) is 0 Å². The molecule has 0 fully saturated rings. The molecular weight excluding hydrogens is 197 g/mol. The van der Waals surface area contributed by atoms with Crippen LogP contribution in [0.25, 0.3) is 0 Å². The summed E-state index contributed by atoms with van der Waals surface area (Å²) in [6, 6.07) is 4.65. The van der Waals surface area contributed by atoms with E-state index < -0.39 is 0 Å². The van der Waals surface area contributed by atoms with Crippen LogP contribution >= 0.6 is 0 Å². The summed E-state index contributed by atoms with van der Waals surface area (Å²) in [6.45, 7) is 0.370. The molecule has 2 aromatic rings. The third-order valence-electron chi connectivity index (χ3n) is 1.99. The maximum absolute atomic E-state index is 12.5. The van der Waals surface area contributed by atoms with Gasteiger partial charge in [0.1, 0.15) is 12.4 Å².